The monoisotopic (exact) mass is 187 g/mol. The van der Waals surface area contributed by atoms with Crippen LogP contribution in [0.1, 0.15) is 27.7 Å². The molecule has 1 saturated heterocycles. The van der Waals surface area contributed by atoms with Gasteiger partial charge in [0.1, 0.15) is 11.7 Å². The summed E-state index contributed by atoms with van der Waals surface area (Å²) in [5.74, 6) is 0.434. The van der Waals surface area contributed by atoms with Crippen molar-refractivity contribution in [3.05, 3.63) is 0 Å². The predicted octanol–water partition coefficient (Wildman–Crippen LogP) is 1.28. The Morgan fingerprint density at radius 1 is 1.54 bits per heavy atom. The van der Waals surface area contributed by atoms with Crippen LogP contribution >= 0.6 is 0 Å². The van der Waals surface area contributed by atoms with Gasteiger partial charge in [0, 0.05) is 0 Å². The first-order valence-corrected chi connectivity index (χ1v) is 4.52. The Hall–Kier alpha value is -0.770. The van der Waals surface area contributed by atoms with Crippen molar-refractivity contribution in [1.82, 2.24) is 0 Å². The minimum atomic E-state index is -0.744. The summed E-state index contributed by atoms with van der Waals surface area (Å²) in [6, 6.07) is 0. The van der Waals surface area contributed by atoms with E-state index in [1.54, 1.807) is 6.92 Å². The van der Waals surface area contributed by atoms with Crippen molar-refractivity contribution in [3.8, 4) is 0 Å². The molecule has 1 fully saturated rings. The number of hydrogen-bond donors (Lipinski definition) is 1. The first-order valence-electron chi connectivity index (χ1n) is 4.52. The Kier molecular flexibility index (Phi) is 2.52. The molecule has 4 heteroatoms. The second-order valence-corrected chi connectivity index (χ2v) is 4.05. The first kappa shape index (κ1) is 10.3. The van der Waals surface area contributed by atoms with Gasteiger partial charge in [0.05, 0.1) is 6.10 Å². The van der Waals surface area contributed by atoms with Gasteiger partial charge >= 0.3 is 6.09 Å². The van der Waals surface area contributed by atoms with E-state index < -0.39 is 6.09 Å². The number of carbonyl (C=O) groups is 1. The predicted molar refractivity (Wildman–Crippen MR) is 48.2 cm³/mol. The third kappa shape index (κ3) is 1.94. The molecule has 2 N–H and O–H groups in total. The molecular weight excluding hydrogens is 170 g/mol. The second kappa shape index (κ2) is 3.18. The van der Waals surface area contributed by atoms with Gasteiger partial charge in [0.2, 0.25) is 0 Å². The number of hydrogen-bond acceptors (Lipinski definition) is 3. The minimum absolute atomic E-state index is 0.168. The van der Waals surface area contributed by atoms with E-state index in [1.807, 2.05) is 6.92 Å². The van der Waals surface area contributed by atoms with E-state index >= 15 is 0 Å². The van der Waals surface area contributed by atoms with Gasteiger partial charge in [0.25, 0.3) is 0 Å². The Balaban J connectivity index is 2.49. The molecule has 0 aromatic rings. The van der Waals surface area contributed by atoms with Crippen LogP contribution in [0.5, 0.6) is 0 Å². The number of carbonyl (C=O) groups excluding carboxylic acids is 1. The maximum Gasteiger partial charge on any atom is 0.404 e. The van der Waals surface area contributed by atoms with E-state index in [2.05, 4.69) is 13.8 Å². The number of primary amides is 1. The quantitative estimate of drug-likeness (QED) is 0.677. The van der Waals surface area contributed by atoms with E-state index in [9.17, 15) is 4.79 Å². The lowest BCUT2D eigenvalue weighted by molar-refractivity contribution is 0.0662. The summed E-state index contributed by atoms with van der Waals surface area (Å²) in [7, 11) is 0. The standard InChI is InChI=1S/C9H17NO3/c1-5(2)7-9(4,13-7)6(3)12-8(10)11/h5-7H,1-4H3,(H2,10,11)/t6-,7?,9?/m1/s1. The van der Waals surface area contributed by atoms with Crippen molar-refractivity contribution in [1.29, 1.82) is 0 Å². The molecule has 0 aromatic heterocycles. The van der Waals surface area contributed by atoms with E-state index in [0.717, 1.165) is 0 Å². The highest BCUT2D eigenvalue weighted by Crippen LogP contribution is 2.44. The molecule has 0 spiro atoms. The van der Waals surface area contributed by atoms with Gasteiger partial charge in [-0.05, 0) is 19.8 Å². The topological polar surface area (TPSA) is 64.8 Å². The normalized spacial score (nSPS) is 34.4. The van der Waals surface area contributed by atoms with Crippen LogP contribution in [0.25, 0.3) is 0 Å². The highest BCUT2D eigenvalue weighted by atomic mass is 16.6. The van der Waals surface area contributed by atoms with Gasteiger partial charge in [-0.15, -0.1) is 0 Å². The Bertz CT molecular complexity index is 217. The average Bonchev–Trinajstić information content (AvgIpc) is 2.62. The molecule has 1 amide bonds. The Morgan fingerprint density at radius 3 is 2.38 bits per heavy atom. The molecular formula is C9H17NO3. The Morgan fingerprint density at radius 2 is 2.08 bits per heavy atom. The second-order valence-electron chi connectivity index (χ2n) is 4.05. The van der Waals surface area contributed by atoms with Crippen molar-refractivity contribution in [2.24, 2.45) is 11.7 Å². The van der Waals surface area contributed by atoms with Gasteiger partial charge in [-0.2, -0.15) is 0 Å². The van der Waals surface area contributed by atoms with E-state index in [1.165, 1.54) is 0 Å². The molecule has 1 rings (SSSR count). The lowest BCUT2D eigenvalue weighted by Crippen LogP contribution is -2.34. The molecule has 4 nitrogen and oxygen atoms in total. The molecule has 1 heterocycles. The molecule has 0 saturated carbocycles. The van der Waals surface area contributed by atoms with Crippen LogP contribution < -0.4 is 5.73 Å². The SMILES string of the molecule is CC(C)C1OC1(C)[C@@H](C)OC(N)=O. The smallest absolute Gasteiger partial charge is 0.404 e. The van der Waals surface area contributed by atoms with Gasteiger partial charge in [-0.3, -0.25) is 0 Å². The Labute approximate surface area is 78.4 Å². The zero-order valence-electron chi connectivity index (χ0n) is 8.53. The highest BCUT2D eigenvalue weighted by molar-refractivity contribution is 5.65. The van der Waals surface area contributed by atoms with Crippen molar-refractivity contribution >= 4 is 6.09 Å². The van der Waals surface area contributed by atoms with Crippen molar-refractivity contribution in [2.75, 3.05) is 0 Å². The van der Waals surface area contributed by atoms with Gasteiger partial charge in [0.15, 0.2) is 0 Å². The van der Waals surface area contributed by atoms with Gasteiger partial charge < -0.3 is 15.2 Å². The number of ether oxygens (including phenoxy) is 2. The van der Waals surface area contributed by atoms with Crippen molar-refractivity contribution < 1.29 is 14.3 Å². The number of amides is 1. The summed E-state index contributed by atoms with van der Waals surface area (Å²) in [6.45, 7) is 7.89. The van der Waals surface area contributed by atoms with Crippen molar-refractivity contribution in [2.45, 2.75) is 45.5 Å². The zero-order valence-corrected chi connectivity index (χ0v) is 8.53. The number of nitrogens with two attached hydrogens (primary N) is 1. The third-order valence-electron chi connectivity index (χ3n) is 2.59. The summed E-state index contributed by atoms with van der Waals surface area (Å²) in [4.78, 5) is 10.5. The van der Waals surface area contributed by atoms with Gasteiger partial charge in [-0.1, -0.05) is 13.8 Å². The van der Waals surface area contributed by atoms with E-state index in [4.69, 9.17) is 15.2 Å². The summed E-state index contributed by atoms with van der Waals surface area (Å²) in [5.41, 5.74) is 4.58. The fourth-order valence-electron chi connectivity index (χ4n) is 1.66. The van der Waals surface area contributed by atoms with Crippen LogP contribution in [0.4, 0.5) is 4.79 Å². The van der Waals surface area contributed by atoms with Crippen LogP contribution in [0.3, 0.4) is 0 Å². The van der Waals surface area contributed by atoms with Crippen molar-refractivity contribution in [3.63, 3.8) is 0 Å². The molecule has 0 radical (unpaired) electrons. The van der Waals surface area contributed by atoms with Crippen LogP contribution in [0, 0.1) is 5.92 Å². The fraction of sp³-hybridized carbons (Fsp3) is 0.889. The molecule has 3 atom stereocenters. The zero-order chi connectivity index (χ0) is 10.2. The molecule has 76 valence electrons. The molecule has 2 unspecified atom stereocenters. The summed E-state index contributed by atoms with van der Waals surface area (Å²) in [6.07, 6.45) is -0.856. The lowest BCUT2D eigenvalue weighted by atomic mass is 9.95. The third-order valence-corrected chi connectivity index (χ3v) is 2.59. The first-order chi connectivity index (χ1) is 5.88. The average molecular weight is 187 g/mol. The molecule has 1 aliphatic heterocycles. The van der Waals surface area contributed by atoms with E-state index in [0.29, 0.717) is 5.92 Å². The fourth-order valence-corrected chi connectivity index (χ4v) is 1.66. The molecule has 0 bridgehead atoms. The molecule has 0 aromatic carbocycles. The van der Waals surface area contributed by atoms with E-state index in [-0.39, 0.29) is 17.8 Å². The summed E-state index contributed by atoms with van der Waals surface area (Å²) < 4.78 is 10.4. The summed E-state index contributed by atoms with van der Waals surface area (Å²) in [5, 5.41) is 0. The summed E-state index contributed by atoms with van der Waals surface area (Å²) >= 11 is 0. The maximum absolute atomic E-state index is 10.5. The molecule has 1 aliphatic rings. The molecule has 0 aliphatic carbocycles. The van der Waals surface area contributed by atoms with Crippen LogP contribution in [-0.2, 0) is 9.47 Å². The van der Waals surface area contributed by atoms with Crippen LogP contribution in [-0.4, -0.2) is 23.9 Å². The molecule has 13 heavy (non-hydrogen) atoms. The lowest BCUT2D eigenvalue weighted by Gasteiger charge is -2.16. The minimum Gasteiger partial charge on any atom is -0.444 e. The number of rotatable bonds is 3. The maximum atomic E-state index is 10.5. The van der Waals surface area contributed by atoms with Crippen LogP contribution in [0.2, 0.25) is 0 Å². The number of epoxide rings is 1. The van der Waals surface area contributed by atoms with Gasteiger partial charge in [-0.25, -0.2) is 4.79 Å². The highest BCUT2D eigenvalue weighted by Gasteiger charge is 2.58. The largest absolute Gasteiger partial charge is 0.444 e. The van der Waals surface area contributed by atoms with Crippen LogP contribution in [0.15, 0.2) is 0 Å².